The standard InChI is InChI=1S/C12H12ClFN2/c1-2-5-15-11-4-3-8-6-9(14)7-10(13)12(8)16-11/h3-4,6-7H,2,5H2,1H3,(H,15,16). The molecule has 0 bridgehead atoms. The van der Waals surface area contributed by atoms with Gasteiger partial charge < -0.3 is 5.32 Å². The SMILES string of the molecule is CCCNc1ccc2cc(F)cc(Cl)c2n1. The molecule has 0 aliphatic rings. The molecule has 2 nitrogen and oxygen atoms in total. The molecule has 0 saturated carbocycles. The summed E-state index contributed by atoms with van der Waals surface area (Å²) in [6, 6.07) is 6.35. The first-order chi connectivity index (χ1) is 7.70. The van der Waals surface area contributed by atoms with Gasteiger partial charge in [-0.3, -0.25) is 0 Å². The predicted octanol–water partition coefficient (Wildman–Crippen LogP) is 3.85. The summed E-state index contributed by atoms with van der Waals surface area (Å²) in [6.07, 6.45) is 1.02. The lowest BCUT2D eigenvalue weighted by Crippen LogP contribution is -2.01. The fraction of sp³-hybridized carbons (Fsp3) is 0.250. The molecule has 4 heteroatoms. The van der Waals surface area contributed by atoms with Crippen LogP contribution in [0.15, 0.2) is 24.3 Å². The maximum absolute atomic E-state index is 13.1. The molecule has 0 aliphatic carbocycles. The van der Waals surface area contributed by atoms with Crippen LogP contribution in [0.4, 0.5) is 10.2 Å². The zero-order valence-electron chi connectivity index (χ0n) is 8.93. The Hall–Kier alpha value is -1.35. The fourth-order valence-electron chi connectivity index (χ4n) is 1.51. The summed E-state index contributed by atoms with van der Waals surface area (Å²) in [5.41, 5.74) is 0.629. The topological polar surface area (TPSA) is 24.9 Å². The predicted molar refractivity (Wildman–Crippen MR) is 65.5 cm³/mol. The van der Waals surface area contributed by atoms with Crippen molar-refractivity contribution in [1.82, 2.24) is 4.98 Å². The normalized spacial score (nSPS) is 10.7. The Balaban J connectivity index is 2.45. The van der Waals surface area contributed by atoms with Crippen LogP contribution >= 0.6 is 11.6 Å². The summed E-state index contributed by atoms with van der Waals surface area (Å²) in [6.45, 7) is 2.94. The molecule has 2 rings (SSSR count). The number of hydrogen-bond donors (Lipinski definition) is 1. The average molecular weight is 239 g/mol. The van der Waals surface area contributed by atoms with E-state index in [4.69, 9.17) is 11.6 Å². The molecule has 84 valence electrons. The van der Waals surface area contributed by atoms with Gasteiger partial charge in [0.2, 0.25) is 0 Å². The highest BCUT2D eigenvalue weighted by atomic mass is 35.5. The summed E-state index contributed by atoms with van der Waals surface area (Å²) in [5.74, 6) is 0.427. The summed E-state index contributed by atoms with van der Waals surface area (Å²) < 4.78 is 13.1. The van der Waals surface area contributed by atoms with E-state index < -0.39 is 0 Å². The van der Waals surface area contributed by atoms with Crippen molar-refractivity contribution >= 4 is 28.3 Å². The second-order valence-corrected chi connectivity index (χ2v) is 3.99. The molecule has 1 aromatic carbocycles. The second-order valence-electron chi connectivity index (χ2n) is 3.58. The number of anilines is 1. The van der Waals surface area contributed by atoms with Crippen molar-refractivity contribution in [3.05, 3.63) is 35.1 Å². The third kappa shape index (κ3) is 2.25. The summed E-state index contributed by atoms with van der Waals surface area (Å²) in [7, 11) is 0. The van der Waals surface area contributed by atoms with Crippen LogP contribution in [0.25, 0.3) is 10.9 Å². The maximum atomic E-state index is 13.1. The number of benzene rings is 1. The van der Waals surface area contributed by atoms with Gasteiger partial charge in [-0.25, -0.2) is 9.37 Å². The van der Waals surface area contributed by atoms with Crippen LogP contribution in [0.2, 0.25) is 5.02 Å². The molecule has 2 aromatic rings. The number of hydrogen-bond acceptors (Lipinski definition) is 2. The van der Waals surface area contributed by atoms with E-state index in [1.807, 2.05) is 12.1 Å². The van der Waals surface area contributed by atoms with E-state index in [1.165, 1.54) is 12.1 Å². The number of aromatic nitrogens is 1. The van der Waals surface area contributed by atoms with Gasteiger partial charge in [-0.1, -0.05) is 18.5 Å². The minimum absolute atomic E-state index is 0.339. The zero-order chi connectivity index (χ0) is 11.5. The molecule has 0 atom stereocenters. The van der Waals surface area contributed by atoms with Crippen LogP contribution in [-0.2, 0) is 0 Å². The molecule has 1 N–H and O–H groups in total. The average Bonchev–Trinajstić information content (AvgIpc) is 2.26. The summed E-state index contributed by atoms with van der Waals surface area (Å²) >= 11 is 5.94. The van der Waals surface area contributed by atoms with E-state index in [0.717, 1.165) is 18.8 Å². The number of nitrogens with one attached hydrogen (secondary N) is 1. The van der Waals surface area contributed by atoms with Crippen LogP contribution in [0.5, 0.6) is 0 Å². The number of fused-ring (bicyclic) bond motifs is 1. The van der Waals surface area contributed by atoms with Gasteiger partial charge in [0, 0.05) is 11.9 Å². The van der Waals surface area contributed by atoms with Crippen LogP contribution in [-0.4, -0.2) is 11.5 Å². The van der Waals surface area contributed by atoms with E-state index in [2.05, 4.69) is 17.2 Å². The molecule has 0 radical (unpaired) electrons. The molecule has 0 aliphatic heterocycles. The van der Waals surface area contributed by atoms with E-state index in [1.54, 1.807) is 0 Å². The van der Waals surface area contributed by atoms with Crippen molar-refractivity contribution < 1.29 is 4.39 Å². The molecule has 1 aromatic heterocycles. The number of pyridine rings is 1. The molecule has 0 spiro atoms. The Labute approximate surface area is 98.4 Å². The second kappa shape index (κ2) is 4.66. The van der Waals surface area contributed by atoms with Crippen molar-refractivity contribution in [1.29, 1.82) is 0 Å². The minimum Gasteiger partial charge on any atom is -0.370 e. The summed E-state index contributed by atoms with van der Waals surface area (Å²) in [5, 5.41) is 4.22. The molecule has 0 fully saturated rings. The number of nitrogens with zero attached hydrogens (tertiary/aromatic N) is 1. The highest BCUT2D eigenvalue weighted by molar-refractivity contribution is 6.35. The lowest BCUT2D eigenvalue weighted by atomic mass is 10.2. The van der Waals surface area contributed by atoms with E-state index >= 15 is 0 Å². The minimum atomic E-state index is -0.339. The van der Waals surface area contributed by atoms with E-state index in [-0.39, 0.29) is 5.82 Å². The zero-order valence-corrected chi connectivity index (χ0v) is 9.68. The van der Waals surface area contributed by atoms with Crippen molar-refractivity contribution in [2.45, 2.75) is 13.3 Å². The third-order valence-corrected chi connectivity index (χ3v) is 2.55. The van der Waals surface area contributed by atoms with E-state index in [9.17, 15) is 4.39 Å². The molecule has 16 heavy (non-hydrogen) atoms. The number of halogens is 2. The van der Waals surface area contributed by atoms with Crippen molar-refractivity contribution in [3.8, 4) is 0 Å². The molecular weight excluding hydrogens is 227 g/mol. The summed E-state index contributed by atoms with van der Waals surface area (Å²) in [4.78, 5) is 4.34. The van der Waals surface area contributed by atoms with Gasteiger partial charge in [-0.15, -0.1) is 0 Å². The third-order valence-electron chi connectivity index (χ3n) is 2.27. The Morgan fingerprint density at radius 3 is 2.94 bits per heavy atom. The first-order valence-corrected chi connectivity index (χ1v) is 5.58. The Morgan fingerprint density at radius 2 is 2.19 bits per heavy atom. The molecule has 0 amide bonds. The lowest BCUT2D eigenvalue weighted by molar-refractivity contribution is 0.629. The first kappa shape index (κ1) is 11.1. The quantitative estimate of drug-likeness (QED) is 0.879. The van der Waals surface area contributed by atoms with Gasteiger partial charge in [0.05, 0.1) is 10.5 Å². The van der Waals surface area contributed by atoms with Crippen LogP contribution in [0.3, 0.4) is 0 Å². The smallest absolute Gasteiger partial charge is 0.126 e. The van der Waals surface area contributed by atoms with Gasteiger partial charge in [0.15, 0.2) is 0 Å². The van der Waals surface area contributed by atoms with Crippen molar-refractivity contribution in [2.75, 3.05) is 11.9 Å². The van der Waals surface area contributed by atoms with Crippen molar-refractivity contribution in [3.63, 3.8) is 0 Å². The van der Waals surface area contributed by atoms with E-state index in [0.29, 0.717) is 15.9 Å². The van der Waals surface area contributed by atoms with Crippen LogP contribution in [0.1, 0.15) is 13.3 Å². The molecule has 0 saturated heterocycles. The van der Waals surface area contributed by atoms with Gasteiger partial charge in [0.1, 0.15) is 11.6 Å². The largest absolute Gasteiger partial charge is 0.370 e. The van der Waals surface area contributed by atoms with Crippen LogP contribution < -0.4 is 5.32 Å². The first-order valence-electron chi connectivity index (χ1n) is 5.20. The van der Waals surface area contributed by atoms with Crippen LogP contribution in [0, 0.1) is 5.82 Å². The maximum Gasteiger partial charge on any atom is 0.126 e. The fourth-order valence-corrected chi connectivity index (χ4v) is 1.76. The lowest BCUT2D eigenvalue weighted by Gasteiger charge is -2.06. The highest BCUT2D eigenvalue weighted by Crippen LogP contribution is 2.24. The Kier molecular flexibility index (Phi) is 3.25. The van der Waals surface area contributed by atoms with Crippen molar-refractivity contribution in [2.24, 2.45) is 0 Å². The monoisotopic (exact) mass is 238 g/mol. The molecule has 0 unspecified atom stereocenters. The van der Waals surface area contributed by atoms with Gasteiger partial charge in [0.25, 0.3) is 0 Å². The van der Waals surface area contributed by atoms with Gasteiger partial charge >= 0.3 is 0 Å². The van der Waals surface area contributed by atoms with Gasteiger partial charge in [-0.2, -0.15) is 0 Å². The molecular formula is C12H12ClFN2. The Morgan fingerprint density at radius 1 is 1.38 bits per heavy atom. The Bertz CT molecular complexity index is 514. The number of rotatable bonds is 3. The molecule has 1 heterocycles. The van der Waals surface area contributed by atoms with Gasteiger partial charge in [-0.05, 0) is 30.7 Å². The highest BCUT2D eigenvalue weighted by Gasteiger charge is 2.04.